The van der Waals surface area contributed by atoms with Crippen LogP contribution in [0.25, 0.3) is 6.08 Å². The van der Waals surface area contributed by atoms with E-state index in [2.05, 4.69) is 15.9 Å². The van der Waals surface area contributed by atoms with Gasteiger partial charge >= 0.3 is 0 Å². The largest absolute Gasteiger partial charge is 0.504 e. The van der Waals surface area contributed by atoms with E-state index in [1.165, 1.54) is 0 Å². The Hall–Kier alpha value is -0.470. The maximum absolute atomic E-state index is 5.80. The first-order valence-electron chi connectivity index (χ1n) is 3.38. The summed E-state index contributed by atoms with van der Waals surface area (Å²) < 4.78 is 5.80. The quantitative estimate of drug-likeness (QED) is 0.724. The van der Waals surface area contributed by atoms with E-state index in [0.29, 0.717) is 5.02 Å². The maximum atomic E-state index is 5.80. The summed E-state index contributed by atoms with van der Waals surface area (Å²) in [6.07, 6.45) is 3.45. The lowest BCUT2D eigenvalue weighted by Crippen LogP contribution is -1.75. The molecule has 0 aliphatic heterocycles. The summed E-state index contributed by atoms with van der Waals surface area (Å²) in [5.41, 5.74) is 1.00. The van der Waals surface area contributed by atoms with E-state index >= 15 is 0 Å². The van der Waals surface area contributed by atoms with Gasteiger partial charge in [0, 0.05) is 9.50 Å². The molecule has 0 saturated heterocycles. The van der Waals surface area contributed by atoms with Crippen LogP contribution in [0.5, 0.6) is 0 Å². The molecule has 0 aliphatic rings. The molecule has 0 bridgehead atoms. The molecule has 0 heterocycles. The van der Waals surface area contributed by atoms with Gasteiger partial charge in [0.15, 0.2) is 0 Å². The highest BCUT2D eigenvalue weighted by Crippen LogP contribution is 2.22. The third-order valence-electron chi connectivity index (χ3n) is 1.34. The zero-order valence-electron chi connectivity index (χ0n) is 6.55. The van der Waals surface area contributed by atoms with Crippen LogP contribution in [0.15, 0.2) is 28.9 Å². The SMILES string of the molecule is COC=Cc1cc(Cl)ccc1Br. The second-order valence-electron chi connectivity index (χ2n) is 2.20. The number of methoxy groups -OCH3 is 1. The average molecular weight is 248 g/mol. The third-order valence-corrected chi connectivity index (χ3v) is 2.30. The van der Waals surface area contributed by atoms with Crippen LogP contribution in [0.2, 0.25) is 5.02 Å². The summed E-state index contributed by atoms with van der Waals surface area (Å²) in [6, 6.07) is 5.59. The fraction of sp³-hybridized carbons (Fsp3) is 0.111. The summed E-state index contributed by atoms with van der Waals surface area (Å²) in [5.74, 6) is 0. The van der Waals surface area contributed by atoms with Gasteiger partial charge in [-0.1, -0.05) is 27.5 Å². The lowest BCUT2D eigenvalue weighted by atomic mass is 10.2. The highest BCUT2D eigenvalue weighted by Gasteiger charge is 1.95. The molecule has 1 aromatic rings. The average Bonchev–Trinajstić information content (AvgIpc) is 2.07. The first kappa shape index (κ1) is 9.62. The van der Waals surface area contributed by atoms with E-state index in [4.69, 9.17) is 16.3 Å². The molecule has 1 aromatic carbocycles. The van der Waals surface area contributed by atoms with Crippen LogP contribution in [0.1, 0.15) is 5.56 Å². The fourth-order valence-corrected chi connectivity index (χ4v) is 1.34. The van der Waals surface area contributed by atoms with Crippen molar-refractivity contribution in [2.24, 2.45) is 0 Å². The van der Waals surface area contributed by atoms with Gasteiger partial charge in [-0.3, -0.25) is 0 Å². The molecule has 1 nitrogen and oxygen atoms in total. The second kappa shape index (κ2) is 4.53. The van der Waals surface area contributed by atoms with Crippen molar-refractivity contribution < 1.29 is 4.74 Å². The Labute approximate surface area is 85.1 Å². The van der Waals surface area contributed by atoms with Crippen LogP contribution in [-0.4, -0.2) is 7.11 Å². The van der Waals surface area contributed by atoms with Crippen LogP contribution in [0.4, 0.5) is 0 Å². The zero-order chi connectivity index (χ0) is 8.97. The van der Waals surface area contributed by atoms with Gasteiger partial charge < -0.3 is 4.74 Å². The first-order chi connectivity index (χ1) is 5.74. The van der Waals surface area contributed by atoms with Crippen molar-refractivity contribution in [1.29, 1.82) is 0 Å². The van der Waals surface area contributed by atoms with Gasteiger partial charge in [-0.15, -0.1) is 0 Å². The molecule has 0 spiro atoms. The summed E-state index contributed by atoms with van der Waals surface area (Å²) >= 11 is 9.20. The summed E-state index contributed by atoms with van der Waals surface area (Å²) in [7, 11) is 1.61. The van der Waals surface area contributed by atoms with Crippen molar-refractivity contribution in [1.82, 2.24) is 0 Å². The maximum Gasteiger partial charge on any atom is 0.0830 e. The standard InChI is InChI=1S/C9H8BrClO/c1-12-5-4-7-6-8(11)2-3-9(7)10/h2-6H,1H3. The molecule has 0 saturated carbocycles. The van der Waals surface area contributed by atoms with Gasteiger partial charge in [0.25, 0.3) is 0 Å². The first-order valence-corrected chi connectivity index (χ1v) is 4.55. The van der Waals surface area contributed by atoms with Gasteiger partial charge in [-0.05, 0) is 29.8 Å². The molecular weight excluding hydrogens is 239 g/mol. The van der Waals surface area contributed by atoms with Gasteiger partial charge in [-0.2, -0.15) is 0 Å². The lowest BCUT2D eigenvalue weighted by Gasteiger charge is -1.98. The van der Waals surface area contributed by atoms with Crippen molar-refractivity contribution in [2.45, 2.75) is 0 Å². The topological polar surface area (TPSA) is 9.23 Å². The van der Waals surface area contributed by atoms with Gasteiger partial charge in [0.05, 0.1) is 13.4 Å². The molecule has 1 rings (SSSR count). The van der Waals surface area contributed by atoms with Crippen LogP contribution < -0.4 is 0 Å². The van der Waals surface area contributed by atoms with Crippen molar-refractivity contribution in [3.05, 3.63) is 39.5 Å². The van der Waals surface area contributed by atoms with Crippen molar-refractivity contribution >= 4 is 33.6 Å². The molecule has 0 unspecified atom stereocenters. The number of benzene rings is 1. The van der Waals surface area contributed by atoms with E-state index in [9.17, 15) is 0 Å². The van der Waals surface area contributed by atoms with E-state index < -0.39 is 0 Å². The monoisotopic (exact) mass is 246 g/mol. The van der Waals surface area contributed by atoms with Gasteiger partial charge in [-0.25, -0.2) is 0 Å². The molecule has 12 heavy (non-hydrogen) atoms. The number of hydrogen-bond donors (Lipinski definition) is 0. The van der Waals surface area contributed by atoms with Crippen LogP contribution in [0, 0.1) is 0 Å². The third kappa shape index (κ3) is 2.54. The summed E-state index contributed by atoms with van der Waals surface area (Å²) in [6.45, 7) is 0. The lowest BCUT2D eigenvalue weighted by molar-refractivity contribution is 0.341. The van der Waals surface area contributed by atoms with Crippen LogP contribution in [0.3, 0.4) is 0 Å². The molecule has 0 amide bonds. The number of halogens is 2. The van der Waals surface area contributed by atoms with E-state index in [0.717, 1.165) is 10.0 Å². The van der Waals surface area contributed by atoms with Crippen LogP contribution >= 0.6 is 27.5 Å². The van der Waals surface area contributed by atoms with E-state index in [1.807, 2.05) is 24.3 Å². The Morgan fingerprint density at radius 2 is 2.25 bits per heavy atom. The molecule has 3 heteroatoms. The molecule has 0 fully saturated rings. The predicted octanol–water partition coefficient (Wildman–Crippen LogP) is 3.72. The predicted molar refractivity (Wildman–Crippen MR) is 55.2 cm³/mol. The minimum atomic E-state index is 0.717. The summed E-state index contributed by atoms with van der Waals surface area (Å²) in [5, 5.41) is 0.717. The molecule has 0 radical (unpaired) electrons. The minimum Gasteiger partial charge on any atom is -0.504 e. The Morgan fingerprint density at radius 3 is 2.92 bits per heavy atom. The second-order valence-corrected chi connectivity index (χ2v) is 3.50. The fourth-order valence-electron chi connectivity index (χ4n) is 0.784. The Bertz CT molecular complexity index is 297. The smallest absolute Gasteiger partial charge is 0.0830 e. The van der Waals surface area contributed by atoms with E-state index in [-0.39, 0.29) is 0 Å². The van der Waals surface area contributed by atoms with Crippen molar-refractivity contribution in [3.8, 4) is 0 Å². The molecule has 0 aliphatic carbocycles. The zero-order valence-corrected chi connectivity index (χ0v) is 8.89. The van der Waals surface area contributed by atoms with Crippen LogP contribution in [-0.2, 0) is 4.74 Å². The Morgan fingerprint density at radius 1 is 1.50 bits per heavy atom. The Kier molecular flexibility index (Phi) is 3.63. The van der Waals surface area contributed by atoms with E-state index in [1.54, 1.807) is 13.4 Å². The number of hydrogen-bond acceptors (Lipinski definition) is 1. The van der Waals surface area contributed by atoms with Gasteiger partial charge in [0.1, 0.15) is 0 Å². The molecule has 64 valence electrons. The summed E-state index contributed by atoms with van der Waals surface area (Å²) in [4.78, 5) is 0. The molecule has 0 atom stereocenters. The highest BCUT2D eigenvalue weighted by molar-refractivity contribution is 9.10. The van der Waals surface area contributed by atoms with Gasteiger partial charge in [0.2, 0.25) is 0 Å². The number of rotatable bonds is 2. The van der Waals surface area contributed by atoms with Crippen molar-refractivity contribution in [2.75, 3.05) is 7.11 Å². The highest BCUT2D eigenvalue weighted by atomic mass is 79.9. The Balaban J connectivity index is 2.97. The van der Waals surface area contributed by atoms with Crippen molar-refractivity contribution in [3.63, 3.8) is 0 Å². The normalized spacial score (nSPS) is 10.6. The minimum absolute atomic E-state index is 0.717. The molecule has 0 N–H and O–H groups in total. The number of ether oxygens (including phenoxy) is 1. The molecule has 0 aromatic heterocycles. The molecular formula is C9H8BrClO.